The van der Waals surface area contributed by atoms with E-state index in [1.165, 1.54) is 29.1 Å². The van der Waals surface area contributed by atoms with E-state index >= 15 is 0 Å². The fraction of sp³-hybridized carbons (Fsp3) is 0.294. The van der Waals surface area contributed by atoms with Gasteiger partial charge in [-0.15, -0.1) is 23.5 Å². The third kappa shape index (κ3) is 3.74. The summed E-state index contributed by atoms with van der Waals surface area (Å²) in [6.45, 7) is 0.632. The molecule has 20 heavy (non-hydrogen) atoms. The van der Waals surface area contributed by atoms with Crippen molar-refractivity contribution in [3.63, 3.8) is 0 Å². The summed E-state index contributed by atoms with van der Waals surface area (Å²) in [4.78, 5) is 0. The first-order chi connectivity index (χ1) is 9.92. The molecule has 3 heteroatoms. The molecule has 3 rings (SSSR count). The first kappa shape index (κ1) is 13.9. The summed E-state index contributed by atoms with van der Waals surface area (Å²) < 4.78 is 6.42. The summed E-state index contributed by atoms with van der Waals surface area (Å²) in [6, 6.07) is 18.9. The van der Waals surface area contributed by atoms with Gasteiger partial charge in [-0.1, -0.05) is 42.5 Å². The second-order valence-electron chi connectivity index (χ2n) is 4.77. The van der Waals surface area contributed by atoms with E-state index in [-0.39, 0.29) is 0 Å². The van der Waals surface area contributed by atoms with Crippen molar-refractivity contribution in [1.82, 2.24) is 0 Å². The molecule has 2 aromatic rings. The molecule has 0 amide bonds. The quantitative estimate of drug-likeness (QED) is 0.774. The third-order valence-electron chi connectivity index (χ3n) is 3.23. The number of rotatable bonds is 4. The maximum absolute atomic E-state index is 5.82. The van der Waals surface area contributed by atoms with Crippen LogP contribution in [0.4, 0.5) is 0 Å². The molecule has 104 valence electrons. The Hall–Kier alpha value is -1.06. The molecule has 1 heterocycles. The number of hydrogen-bond donors (Lipinski definition) is 0. The smallest absolute Gasteiger partial charge is 0.119 e. The molecule has 0 N–H and O–H groups in total. The molecule has 1 aliphatic heterocycles. The fourth-order valence-electron chi connectivity index (χ4n) is 2.14. The lowest BCUT2D eigenvalue weighted by molar-refractivity contribution is 0.306. The molecule has 0 unspecified atom stereocenters. The molecule has 0 bridgehead atoms. The van der Waals surface area contributed by atoms with Crippen molar-refractivity contribution in [1.29, 1.82) is 0 Å². The Morgan fingerprint density at radius 1 is 0.900 bits per heavy atom. The molecule has 1 saturated heterocycles. The zero-order valence-electron chi connectivity index (χ0n) is 11.3. The van der Waals surface area contributed by atoms with Crippen LogP contribution in [-0.4, -0.2) is 11.5 Å². The van der Waals surface area contributed by atoms with Gasteiger partial charge < -0.3 is 4.74 Å². The first-order valence-corrected chi connectivity index (χ1v) is 9.01. The predicted octanol–water partition coefficient (Wildman–Crippen LogP) is 5.13. The van der Waals surface area contributed by atoms with Crippen LogP contribution in [0.3, 0.4) is 0 Å². The van der Waals surface area contributed by atoms with Crippen molar-refractivity contribution in [2.75, 3.05) is 11.5 Å². The largest absolute Gasteiger partial charge is 0.489 e. The van der Waals surface area contributed by atoms with Crippen molar-refractivity contribution in [2.24, 2.45) is 0 Å². The Morgan fingerprint density at radius 2 is 1.60 bits per heavy atom. The molecule has 0 spiro atoms. The molecule has 0 saturated carbocycles. The monoisotopic (exact) mass is 302 g/mol. The van der Waals surface area contributed by atoms with Crippen LogP contribution < -0.4 is 4.74 Å². The van der Waals surface area contributed by atoms with Gasteiger partial charge in [0.25, 0.3) is 0 Å². The average molecular weight is 302 g/mol. The average Bonchev–Trinajstić information content (AvgIpc) is 2.55. The Morgan fingerprint density at radius 3 is 2.30 bits per heavy atom. The van der Waals surface area contributed by atoms with E-state index in [9.17, 15) is 0 Å². The number of benzene rings is 2. The topological polar surface area (TPSA) is 9.23 Å². The van der Waals surface area contributed by atoms with Gasteiger partial charge in [0.1, 0.15) is 12.4 Å². The van der Waals surface area contributed by atoms with Crippen molar-refractivity contribution < 1.29 is 4.74 Å². The zero-order valence-corrected chi connectivity index (χ0v) is 13.0. The van der Waals surface area contributed by atoms with Gasteiger partial charge in [0.15, 0.2) is 0 Å². The highest BCUT2D eigenvalue weighted by Crippen LogP contribution is 2.43. The molecule has 0 radical (unpaired) electrons. The van der Waals surface area contributed by atoms with Gasteiger partial charge in [0.2, 0.25) is 0 Å². The van der Waals surface area contributed by atoms with E-state index in [4.69, 9.17) is 4.74 Å². The number of thioether (sulfide) groups is 2. The van der Waals surface area contributed by atoms with Crippen LogP contribution in [0.25, 0.3) is 0 Å². The van der Waals surface area contributed by atoms with E-state index in [1.807, 2.05) is 18.2 Å². The maximum atomic E-state index is 5.82. The van der Waals surface area contributed by atoms with Crippen molar-refractivity contribution in [3.8, 4) is 5.75 Å². The van der Waals surface area contributed by atoms with Crippen LogP contribution in [0.15, 0.2) is 54.6 Å². The summed E-state index contributed by atoms with van der Waals surface area (Å²) >= 11 is 4.11. The summed E-state index contributed by atoms with van der Waals surface area (Å²) in [5, 5.41) is 0. The van der Waals surface area contributed by atoms with E-state index < -0.39 is 0 Å². The van der Waals surface area contributed by atoms with Gasteiger partial charge >= 0.3 is 0 Å². The SMILES string of the molecule is c1ccc(COc2ccc(C3SCCCS3)cc2)cc1. The van der Waals surface area contributed by atoms with Gasteiger partial charge in [-0.05, 0) is 41.2 Å². The molecule has 0 aromatic heterocycles. The van der Waals surface area contributed by atoms with Gasteiger partial charge in [-0.2, -0.15) is 0 Å². The molecular formula is C17H18OS2. The van der Waals surface area contributed by atoms with Crippen LogP contribution in [-0.2, 0) is 6.61 Å². The minimum atomic E-state index is 0.604. The molecule has 1 fully saturated rings. The van der Waals surface area contributed by atoms with E-state index in [0.717, 1.165) is 5.75 Å². The number of ether oxygens (including phenoxy) is 1. The highest BCUT2D eigenvalue weighted by molar-refractivity contribution is 8.16. The van der Waals surface area contributed by atoms with Gasteiger partial charge in [-0.25, -0.2) is 0 Å². The molecule has 0 atom stereocenters. The minimum Gasteiger partial charge on any atom is -0.489 e. The van der Waals surface area contributed by atoms with Crippen LogP contribution in [0.5, 0.6) is 5.75 Å². The van der Waals surface area contributed by atoms with Gasteiger partial charge in [0.05, 0.1) is 4.58 Å². The molecule has 0 aliphatic carbocycles. The fourth-order valence-corrected chi connectivity index (χ4v) is 5.04. The van der Waals surface area contributed by atoms with Crippen LogP contribution in [0.2, 0.25) is 0 Å². The predicted molar refractivity (Wildman–Crippen MR) is 89.5 cm³/mol. The highest BCUT2D eigenvalue weighted by atomic mass is 32.2. The van der Waals surface area contributed by atoms with E-state index in [0.29, 0.717) is 11.2 Å². The Kier molecular flexibility index (Phi) is 4.93. The lowest BCUT2D eigenvalue weighted by atomic mass is 10.2. The molecular weight excluding hydrogens is 284 g/mol. The van der Waals surface area contributed by atoms with Crippen LogP contribution in [0.1, 0.15) is 22.1 Å². The lowest BCUT2D eigenvalue weighted by Crippen LogP contribution is -2.00. The second kappa shape index (κ2) is 7.09. The molecule has 2 aromatic carbocycles. The third-order valence-corrected chi connectivity index (χ3v) is 6.24. The van der Waals surface area contributed by atoms with Crippen LogP contribution in [0, 0.1) is 0 Å². The number of hydrogen-bond acceptors (Lipinski definition) is 3. The van der Waals surface area contributed by atoms with Crippen molar-refractivity contribution in [3.05, 3.63) is 65.7 Å². The molecule has 1 aliphatic rings. The Labute approximate surface area is 129 Å². The minimum absolute atomic E-state index is 0.604. The van der Waals surface area contributed by atoms with Gasteiger partial charge in [0, 0.05) is 0 Å². The zero-order chi connectivity index (χ0) is 13.6. The standard InChI is InChI=1S/C17H18OS2/c1-2-5-14(6-3-1)13-18-16-9-7-15(8-10-16)17-19-11-4-12-20-17/h1-3,5-10,17H,4,11-13H2. The van der Waals surface area contributed by atoms with E-state index in [1.54, 1.807) is 0 Å². The Bertz CT molecular complexity index is 518. The molecule has 1 nitrogen and oxygen atoms in total. The van der Waals surface area contributed by atoms with Crippen molar-refractivity contribution >= 4 is 23.5 Å². The first-order valence-electron chi connectivity index (χ1n) is 6.92. The maximum Gasteiger partial charge on any atom is 0.119 e. The van der Waals surface area contributed by atoms with E-state index in [2.05, 4.69) is 59.9 Å². The Balaban J connectivity index is 1.58. The summed E-state index contributed by atoms with van der Waals surface area (Å²) in [5.74, 6) is 3.51. The van der Waals surface area contributed by atoms with Gasteiger partial charge in [-0.3, -0.25) is 0 Å². The van der Waals surface area contributed by atoms with Crippen LogP contribution >= 0.6 is 23.5 Å². The summed E-state index contributed by atoms with van der Waals surface area (Å²) in [5.41, 5.74) is 2.61. The second-order valence-corrected chi connectivity index (χ2v) is 7.49. The summed E-state index contributed by atoms with van der Waals surface area (Å²) in [6.07, 6.45) is 1.34. The summed E-state index contributed by atoms with van der Waals surface area (Å²) in [7, 11) is 0. The van der Waals surface area contributed by atoms with Crippen molar-refractivity contribution in [2.45, 2.75) is 17.6 Å². The lowest BCUT2D eigenvalue weighted by Gasteiger charge is -2.21. The normalized spacial score (nSPS) is 16.0. The highest BCUT2D eigenvalue weighted by Gasteiger charge is 2.16.